The molecule has 3 rings (SSSR count). The zero-order chi connectivity index (χ0) is 16.2. The van der Waals surface area contributed by atoms with Gasteiger partial charge in [0, 0.05) is 13.1 Å². The third-order valence-electron chi connectivity index (χ3n) is 3.61. The second kappa shape index (κ2) is 6.70. The summed E-state index contributed by atoms with van der Waals surface area (Å²) >= 11 is 1.19. The molecule has 1 aliphatic rings. The molecule has 0 spiro atoms. The van der Waals surface area contributed by atoms with Crippen molar-refractivity contribution in [2.45, 2.75) is 26.0 Å². The van der Waals surface area contributed by atoms with E-state index in [0.29, 0.717) is 0 Å². The van der Waals surface area contributed by atoms with Gasteiger partial charge in [0.15, 0.2) is 0 Å². The van der Waals surface area contributed by atoms with Crippen molar-refractivity contribution >= 4 is 29.5 Å². The monoisotopic (exact) mass is 329 g/mol. The van der Waals surface area contributed by atoms with E-state index < -0.39 is 0 Å². The van der Waals surface area contributed by atoms with Gasteiger partial charge in [-0.2, -0.15) is 0 Å². The van der Waals surface area contributed by atoms with Crippen LogP contribution in [-0.2, 0) is 20.9 Å². The molecule has 1 atom stereocenters. The summed E-state index contributed by atoms with van der Waals surface area (Å²) in [5.41, 5.74) is 1.95. The van der Waals surface area contributed by atoms with E-state index in [1.54, 1.807) is 17.3 Å². The average molecular weight is 329 g/mol. The molecule has 0 bridgehead atoms. The number of aromatic nitrogens is 2. The largest absolute Gasteiger partial charge is 0.460 e. The van der Waals surface area contributed by atoms with Gasteiger partial charge in [0.1, 0.15) is 6.61 Å². The maximum atomic E-state index is 12.2. The zero-order valence-corrected chi connectivity index (χ0v) is 13.3. The maximum absolute atomic E-state index is 12.2. The molecule has 6 nitrogen and oxygen atoms in total. The molecule has 2 aromatic rings. The molecule has 118 valence electrons. The number of hydrogen-bond donors (Lipinski definition) is 0. The Morgan fingerprint density at radius 2 is 2.17 bits per heavy atom. The summed E-state index contributed by atoms with van der Waals surface area (Å²) in [5, 5.41) is 3.70. The smallest absolute Gasteiger partial charge is 0.308 e. The highest BCUT2D eigenvalue weighted by Gasteiger charge is 2.28. The summed E-state index contributed by atoms with van der Waals surface area (Å²) < 4.78 is 8.98. The minimum Gasteiger partial charge on any atom is -0.460 e. The topological polar surface area (TPSA) is 72.4 Å². The summed E-state index contributed by atoms with van der Waals surface area (Å²) in [7, 11) is 0. The Kier molecular flexibility index (Phi) is 4.47. The molecule has 0 aliphatic carbocycles. The van der Waals surface area contributed by atoms with Crippen molar-refractivity contribution < 1.29 is 14.3 Å². The van der Waals surface area contributed by atoms with Crippen molar-refractivity contribution in [1.29, 1.82) is 0 Å². The van der Waals surface area contributed by atoms with Gasteiger partial charge < -0.3 is 9.64 Å². The zero-order valence-electron chi connectivity index (χ0n) is 12.5. The van der Waals surface area contributed by atoms with Gasteiger partial charge in [-0.25, -0.2) is 0 Å². The van der Waals surface area contributed by atoms with Crippen LogP contribution in [0.2, 0.25) is 0 Å². The number of rotatable bonds is 4. The van der Waals surface area contributed by atoms with E-state index in [2.05, 4.69) is 9.59 Å². The van der Waals surface area contributed by atoms with E-state index in [1.165, 1.54) is 18.5 Å². The lowest BCUT2D eigenvalue weighted by molar-refractivity contribution is -0.146. The SMILES string of the molecule is CC(=O)N1C=Cc2ccccc2C1CC(=O)OCc1cnns1. The van der Waals surface area contributed by atoms with Gasteiger partial charge in [0.2, 0.25) is 5.91 Å². The second-order valence-electron chi connectivity index (χ2n) is 5.14. The van der Waals surface area contributed by atoms with Crippen molar-refractivity contribution in [2.75, 3.05) is 0 Å². The van der Waals surface area contributed by atoms with E-state index in [9.17, 15) is 9.59 Å². The van der Waals surface area contributed by atoms with Crippen molar-refractivity contribution in [3.63, 3.8) is 0 Å². The highest BCUT2D eigenvalue weighted by molar-refractivity contribution is 7.05. The van der Waals surface area contributed by atoms with Crippen molar-refractivity contribution in [3.8, 4) is 0 Å². The molecule has 1 aliphatic heterocycles. The van der Waals surface area contributed by atoms with Gasteiger partial charge in [-0.15, -0.1) is 5.10 Å². The first kappa shape index (κ1) is 15.4. The third-order valence-corrected chi connectivity index (χ3v) is 4.25. The molecule has 0 N–H and O–H groups in total. The van der Waals surface area contributed by atoms with E-state index in [1.807, 2.05) is 30.3 Å². The molecule has 1 aromatic heterocycles. The number of amides is 1. The Morgan fingerprint density at radius 1 is 1.35 bits per heavy atom. The second-order valence-corrected chi connectivity index (χ2v) is 6.01. The normalized spacial score (nSPS) is 16.0. The molecule has 2 heterocycles. The van der Waals surface area contributed by atoms with Crippen LogP contribution in [-0.4, -0.2) is 26.4 Å². The van der Waals surface area contributed by atoms with E-state index >= 15 is 0 Å². The Labute approximate surface area is 137 Å². The van der Waals surface area contributed by atoms with Crippen LogP contribution in [0.1, 0.15) is 35.4 Å². The number of esters is 1. The molecule has 0 saturated carbocycles. The highest BCUT2D eigenvalue weighted by Crippen LogP contribution is 2.33. The number of nitrogens with zero attached hydrogens (tertiary/aromatic N) is 3. The summed E-state index contributed by atoms with van der Waals surface area (Å²) in [5.74, 6) is -0.472. The number of fused-ring (bicyclic) bond motifs is 1. The maximum Gasteiger partial charge on any atom is 0.308 e. The number of carbonyl (C=O) groups is 2. The minimum atomic E-state index is -0.361. The Morgan fingerprint density at radius 3 is 2.91 bits per heavy atom. The lowest BCUT2D eigenvalue weighted by atomic mass is 9.94. The predicted molar refractivity (Wildman–Crippen MR) is 85.1 cm³/mol. The van der Waals surface area contributed by atoms with E-state index in [4.69, 9.17) is 4.74 Å². The fourth-order valence-electron chi connectivity index (χ4n) is 2.53. The van der Waals surface area contributed by atoms with Crippen molar-refractivity contribution in [3.05, 3.63) is 52.7 Å². The van der Waals surface area contributed by atoms with Crippen LogP contribution in [0.15, 0.2) is 36.7 Å². The predicted octanol–water partition coefficient (Wildman–Crippen LogP) is 2.55. The number of carbonyl (C=O) groups excluding carboxylic acids is 2. The Balaban J connectivity index is 1.74. The average Bonchev–Trinajstić information content (AvgIpc) is 3.06. The molecular weight excluding hydrogens is 314 g/mol. The van der Waals surface area contributed by atoms with Crippen molar-refractivity contribution in [1.82, 2.24) is 14.5 Å². The fourth-order valence-corrected chi connectivity index (χ4v) is 2.94. The molecule has 0 fully saturated rings. The van der Waals surface area contributed by atoms with E-state index in [0.717, 1.165) is 16.0 Å². The first-order chi connectivity index (χ1) is 11.1. The first-order valence-electron chi connectivity index (χ1n) is 7.13. The Hall–Kier alpha value is -2.54. The van der Waals surface area contributed by atoms with Gasteiger partial charge in [-0.05, 0) is 28.7 Å². The molecular formula is C16H15N3O3S. The molecule has 7 heteroatoms. The van der Waals surface area contributed by atoms with E-state index in [-0.39, 0.29) is 30.9 Å². The lowest BCUT2D eigenvalue weighted by Crippen LogP contribution is -2.32. The summed E-state index contributed by atoms with van der Waals surface area (Å²) in [6, 6.07) is 7.38. The quantitative estimate of drug-likeness (QED) is 0.806. The molecule has 1 unspecified atom stereocenters. The summed E-state index contributed by atoms with van der Waals surface area (Å²) in [6.45, 7) is 1.64. The van der Waals surface area contributed by atoms with Crippen LogP contribution in [0.4, 0.5) is 0 Å². The van der Waals surface area contributed by atoms with Crippen LogP contribution >= 0.6 is 11.5 Å². The molecule has 1 amide bonds. The number of ether oxygens (including phenoxy) is 1. The van der Waals surface area contributed by atoms with Crippen LogP contribution in [0, 0.1) is 0 Å². The van der Waals surface area contributed by atoms with Crippen LogP contribution in [0.25, 0.3) is 6.08 Å². The third kappa shape index (κ3) is 3.45. The van der Waals surface area contributed by atoms with Crippen LogP contribution < -0.4 is 0 Å². The Bertz CT molecular complexity index is 743. The van der Waals surface area contributed by atoms with Crippen LogP contribution in [0.3, 0.4) is 0 Å². The number of benzene rings is 1. The van der Waals surface area contributed by atoms with Crippen molar-refractivity contribution in [2.24, 2.45) is 0 Å². The summed E-state index contributed by atoms with van der Waals surface area (Å²) in [4.78, 5) is 26.4. The van der Waals surface area contributed by atoms with Gasteiger partial charge in [-0.1, -0.05) is 28.8 Å². The highest BCUT2D eigenvalue weighted by atomic mass is 32.1. The van der Waals surface area contributed by atoms with Gasteiger partial charge in [-0.3, -0.25) is 9.59 Å². The van der Waals surface area contributed by atoms with Gasteiger partial charge in [0.25, 0.3) is 0 Å². The molecule has 1 aromatic carbocycles. The molecule has 23 heavy (non-hydrogen) atoms. The number of hydrogen-bond acceptors (Lipinski definition) is 6. The van der Waals surface area contributed by atoms with Gasteiger partial charge in [0.05, 0.1) is 23.5 Å². The molecule has 0 saturated heterocycles. The minimum absolute atomic E-state index is 0.104. The summed E-state index contributed by atoms with van der Waals surface area (Å²) in [6.07, 6.45) is 5.27. The standard InChI is InChI=1S/C16H15N3O3S/c1-11(20)19-7-6-12-4-2-3-5-14(12)15(19)8-16(21)22-10-13-9-17-18-23-13/h2-7,9,15H,8,10H2,1H3. The van der Waals surface area contributed by atoms with Crippen LogP contribution in [0.5, 0.6) is 0 Å². The van der Waals surface area contributed by atoms with Gasteiger partial charge >= 0.3 is 5.97 Å². The lowest BCUT2D eigenvalue weighted by Gasteiger charge is -2.32. The molecule has 0 radical (unpaired) electrons. The first-order valence-corrected chi connectivity index (χ1v) is 7.90. The fraction of sp³-hybridized carbons (Fsp3) is 0.250.